The average molecular weight is 345 g/mol. The molecule has 0 N–H and O–H groups in total. The van der Waals surface area contributed by atoms with E-state index in [1.54, 1.807) is 23.1 Å². The molecule has 0 unspecified atom stereocenters. The van der Waals surface area contributed by atoms with E-state index < -0.39 is 0 Å². The highest BCUT2D eigenvalue weighted by Crippen LogP contribution is 2.37. The van der Waals surface area contributed by atoms with Crippen LogP contribution in [-0.4, -0.2) is 15.1 Å². The molecule has 0 spiro atoms. The second-order valence-electron chi connectivity index (χ2n) is 5.77. The largest absolute Gasteiger partial charge is 0.338 e. The molecule has 0 fully saturated rings. The van der Waals surface area contributed by atoms with Crippen molar-refractivity contribution in [3.63, 3.8) is 0 Å². The van der Waals surface area contributed by atoms with Crippen molar-refractivity contribution in [1.82, 2.24) is 15.1 Å². The highest BCUT2D eigenvalue weighted by atomic mass is 32.2. The van der Waals surface area contributed by atoms with E-state index in [-0.39, 0.29) is 11.2 Å². The Hall–Kier alpha value is -1.66. The Morgan fingerprint density at radius 3 is 2.48 bits per heavy atom. The van der Waals surface area contributed by atoms with E-state index in [0.29, 0.717) is 5.89 Å². The van der Waals surface area contributed by atoms with Crippen LogP contribution in [0.2, 0.25) is 0 Å². The molecule has 2 aromatic heterocycles. The first kappa shape index (κ1) is 16.2. The Morgan fingerprint density at radius 1 is 1.09 bits per heavy atom. The van der Waals surface area contributed by atoms with Gasteiger partial charge in [0, 0.05) is 16.9 Å². The van der Waals surface area contributed by atoms with Crippen molar-refractivity contribution in [2.75, 3.05) is 0 Å². The number of benzene rings is 1. The molecule has 23 heavy (non-hydrogen) atoms. The zero-order valence-corrected chi connectivity index (χ0v) is 15.2. The van der Waals surface area contributed by atoms with Gasteiger partial charge in [0.25, 0.3) is 0 Å². The lowest BCUT2D eigenvalue weighted by molar-refractivity contribution is 0.373. The van der Waals surface area contributed by atoms with Crippen molar-refractivity contribution in [2.45, 2.75) is 43.2 Å². The minimum atomic E-state index is 0.0898. The standard InChI is InChI=1S/C17H19N3OS2/c1-10(2)15-19-16(21-20-15)12(4)23-17-18-14(9-22-17)13-7-5-11(3)6-8-13/h5-10,12H,1-4H3/t12-/m0/s1. The maximum atomic E-state index is 5.36. The maximum absolute atomic E-state index is 5.36. The van der Waals surface area contributed by atoms with Gasteiger partial charge in [0.05, 0.1) is 10.9 Å². The van der Waals surface area contributed by atoms with Crippen molar-refractivity contribution < 1.29 is 4.52 Å². The van der Waals surface area contributed by atoms with Gasteiger partial charge in [-0.1, -0.05) is 60.6 Å². The van der Waals surface area contributed by atoms with E-state index in [1.165, 1.54) is 5.56 Å². The van der Waals surface area contributed by atoms with Gasteiger partial charge < -0.3 is 4.52 Å². The molecular formula is C17H19N3OS2. The quantitative estimate of drug-likeness (QED) is 0.573. The minimum absolute atomic E-state index is 0.0898. The second kappa shape index (κ2) is 6.84. The van der Waals surface area contributed by atoms with Gasteiger partial charge in [-0.15, -0.1) is 11.3 Å². The topological polar surface area (TPSA) is 51.8 Å². The van der Waals surface area contributed by atoms with Crippen LogP contribution in [0.1, 0.15) is 49.2 Å². The van der Waals surface area contributed by atoms with Crippen molar-refractivity contribution in [3.05, 3.63) is 46.9 Å². The van der Waals surface area contributed by atoms with Gasteiger partial charge in [-0.05, 0) is 13.8 Å². The monoisotopic (exact) mass is 345 g/mol. The third kappa shape index (κ3) is 3.82. The number of aromatic nitrogens is 3. The van der Waals surface area contributed by atoms with Gasteiger partial charge in [0.2, 0.25) is 5.89 Å². The molecule has 120 valence electrons. The smallest absolute Gasteiger partial charge is 0.239 e. The van der Waals surface area contributed by atoms with Crippen LogP contribution in [0.15, 0.2) is 38.5 Å². The number of rotatable bonds is 5. The van der Waals surface area contributed by atoms with E-state index in [1.807, 2.05) is 0 Å². The molecule has 0 radical (unpaired) electrons. The molecule has 1 aromatic carbocycles. The summed E-state index contributed by atoms with van der Waals surface area (Å²) in [5, 5.41) is 6.20. The molecule has 3 aromatic rings. The summed E-state index contributed by atoms with van der Waals surface area (Å²) >= 11 is 3.30. The fourth-order valence-corrected chi connectivity index (χ4v) is 4.02. The third-order valence-corrected chi connectivity index (χ3v) is 5.49. The summed E-state index contributed by atoms with van der Waals surface area (Å²) in [4.78, 5) is 9.17. The summed E-state index contributed by atoms with van der Waals surface area (Å²) in [5.41, 5.74) is 3.41. The van der Waals surface area contributed by atoms with Crippen LogP contribution < -0.4 is 0 Å². The van der Waals surface area contributed by atoms with Crippen LogP contribution in [0, 0.1) is 6.92 Å². The maximum Gasteiger partial charge on any atom is 0.239 e. The molecule has 0 amide bonds. The number of hydrogen-bond donors (Lipinski definition) is 0. The summed E-state index contributed by atoms with van der Waals surface area (Å²) in [7, 11) is 0. The van der Waals surface area contributed by atoms with Gasteiger partial charge in [-0.3, -0.25) is 0 Å². The van der Waals surface area contributed by atoms with Gasteiger partial charge >= 0.3 is 0 Å². The molecule has 2 heterocycles. The number of thioether (sulfide) groups is 1. The third-order valence-electron chi connectivity index (χ3n) is 3.43. The van der Waals surface area contributed by atoms with Crippen molar-refractivity contribution in [1.29, 1.82) is 0 Å². The number of aryl methyl sites for hydroxylation is 1. The molecule has 6 heteroatoms. The van der Waals surface area contributed by atoms with Crippen molar-refractivity contribution in [3.8, 4) is 11.3 Å². The Kier molecular flexibility index (Phi) is 4.82. The van der Waals surface area contributed by atoms with Crippen molar-refractivity contribution >= 4 is 23.1 Å². The average Bonchev–Trinajstić information content (AvgIpc) is 3.17. The van der Waals surface area contributed by atoms with Crippen LogP contribution in [0.4, 0.5) is 0 Å². The number of nitrogens with zero attached hydrogens (tertiary/aromatic N) is 3. The first-order chi connectivity index (χ1) is 11.0. The number of thiazole rings is 1. The van der Waals surface area contributed by atoms with Gasteiger partial charge in [-0.25, -0.2) is 4.98 Å². The Labute approximate surface area is 144 Å². The van der Waals surface area contributed by atoms with E-state index in [9.17, 15) is 0 Å². The van der Waals surface area contributed by atoms with E-state index >= 15 is 0 Å². The normalized spacial score (nSPS) is 12.7. The van der Waals surface area contributed by atoms with Crippen LogP contribution in [0.3, 0.4) is 0 Å². The predicted octanol–water partition coefficient (Wildman–Crippen LogP) is 5.48. The lowest BCUT2D eigenvalue weighted by atomic mass is 10.1. The molecule has 3 rings (SSSR count). The zero-order chi connectivity index (χ0) is 16.4. The molecule has 1 atom stereocenters. The molecule has 0 aliphatic carbocycles. The van der Waals surface area contributed by atoms with Crippen LogP contribution in [-0.2, 0) is 0 Å². The first-order valence-electron chi connectivity index (χ1n) is 7.55. The Bertz CT molecular complexity index is 777. The highest BCUT2D eigenvalue weighted by molar-refractivity contribution is 8.01. The SMILES string of the molecule is Cc1ccc(-c2csc(S[C@@H](C)c3nc(C(C)C)no3)n2)cc1. The van der Waals surface area contributed by atoms with Crippen LogP contribution in [0.25, 0.3) is 11.3 Å². The van der Waals surface area contributed by atoms with Gasteiger partial charge in [0.1, 0.15) is 0 Å². The molecule has 4 nitrogen and oxygen atoms in total. The summed E-state index contributed by atoms with van der Waals surface area (Å²) in [6, 6.07) is 8.43. The predicted molar refractivity (Wildman–Crippen MR) is 94.9 cm³/mol. The van der Waals surface area contributed by atoms with Crippen LogP contribution >= 0.6 is 23.1 Å². The van der Waals surface area contributed by atoms with Gasteiger partial charge in [-0.2, -0.15) is 4.98 Å². The second-order valence-corrected chi connectivity index (χ2v) is 8.22. The fraction of sp³-hybridized carbons (Fsp3) is 0.353. The number of hydrogen-bond acceptors (Lipinski definition) is 6. The minimum Gasteiger partial charge on any atom is -0.338 e. The fourth-order valence-electron chi connectivity index (χ4n) is 2.02. The Balaban J connectivity index is 1.71. The Morgan fingerprint density at radius 2 is 1.83 bits per heavy atom. The van der Waals surface area contributed by atoms with E-state index in [4.69, 9.17) is 9.51 Å². The lowest BCUT2D eigenvalue weighted by Gasteiger charge is -2.02. The van der Waals surface area contributed by atoms with Crippen molar-refractivity contribution in [2.24, 2.45) is 0 Å². The summed E-state index contributed by atoms with van der Waals surface area (Å²) < 4.78 is 6.37. The summed E-state index contributed by atoms with van der Waals surface area (Å²) in [5.74, 6) is 1.69. The highest BCUT2D eigenvalue weighted by Gasteiger charge is 2.18. The molecule has 0 saturated heterocycles. The summed E-state index contributed by atoms with van der Waals surface area (Å²) in [6.45, 7) is 8.26. The molecule has 0 saturated carbocycles. The van der Waals surface area contributed by atoms with Gasteiger partial charge in [0.15, 0.2) is 10.2 Å². The zero-order valence-electron chi connectivity index (χ0n) is 13.6. The molecule has 0 aliphatic rings. The molecule has 0 bridgehead atoms. The molecule has 0 aliphatic heterocycles. The molecular weight excluding hydrogens is 326 g/mol. The van der Waals surface area contributed by atoms with E-state index in [2.05, 4.69) is 67.5 Å². The summed E-state index contributed by atoms with van der Waals surface area (Å²) in [6.07, 6.45) is 0. The lowest BCUT2D eigenvalue weighted by Crippen LogP contribution is -1.92. The van der Waals surface area contributed by atoms with E-state index in [0.717, 1.165) is 21.4 Å². The first-order valence-corrected chi connectivity index (χ1v) is 9.31. The van der Waals surface area contributed by atoms with Crippen LogP contribution in [0.5, 0.6) is 0 Å².